The van der Waals surface area contributed by atoms with Gasteiger partial charge in [-0.15, -0.1) is 0 Å². The maximum atomic E-state index is 12.4. The molecule has 0 aromatic heterocycles. The van der Waals surface area contributed by atoms with E-state index in [2.05, 4.69) is 0 Å². The van der Waals surface area contributed by atoms with Crippen LogP contribution in [-0.4, -0.2) is 16.2 Å². The van der Waals surface area contributed by atoms with E-state index < -0.39 is 11.8 Å². The summed E-state index contributed by atoms with van der Waals surface area (Å²) >= 11 is 0. The zero-order valence-electron chi connectivity index (χ0n) is 6.57. The maximum absolute atomic E-state index is 12.4. The number of halogens is 1. The minimum atomic E-state index is -1.12. The number of rotatable bonds is 2. The number of hydrogen-bond acceptors (Lipinski definition) is 2. The van der Waals surface area contributed by atoms with Crippen LogP contribution in [-0.2, 0) is 4.79 Å². The van der Waals surface area contributed by atoms with E-state index in [4.69, 9.17) is 10.2 Å². The summed E-state index contributed by atoms with van der Waals surface area (Å²) < 4.78 is 12.4. The molecule has 1 aromatic rings. The van der Waals surface area contributed by atoms with Gasteiger partial charge >= 0.3 is 5.97 Å². The number of carbonyl (C=O) groups is 1. The zero-order valence-corrected chi connectivity index (χ0v) is 6.57. The van der Waals surface area contributed by atoms with Gasteiger partial charge < -0.3 is 10.2 Å². The summed E-state index contributed by atoms with van der Waals surface area (Å²) in [6.45, 7) is 0. The molecule has 0 spiro atoms. The normalized spacial score (nSPS) is 10.5. The van der Waals surface area contributed by atoms with Gasteiger partial charge in [0.2, 0.25) is 0 Å². The molecule has 0 unspecified atom stereocenters. The Morgan fingerprint density at radius 2 is 2.15 bits per heavy atom. The van der Waals surface area contributed by atoms with E-state index in [0.29, 0.717) is 0 Å². The predicted octanol–water partition coefficient (Wildman–Crippen LogP) is 1.63. The SMILES string of the molecule is O=C(O)/C=C/c1ccc(F)cc1O. The standard InChI is InChI=1S/C9H7FO3/c10-7-3-1-6(8(11)5-7)2-4-9(12)13/h1-5,11H,(H,12,13)/b4-2+. The van der Waals surface area contributed by atoms with Gasteiger partial charge in [0.25, 0.3) is 0 Å². The molecule has 0 saturated heterocycles. The van der Waals surface area contributed by atoms with Crippen LogP contribution in [0.5, 0.6) is 5.75 Å². The maximum Gasteiger partial charge on any atom is 0.328 e. The van der Waals surface area contributed by atoms with Crippen LogP contribution >= 0.6 is 0 Å². The van der Waals surface area contributed by atoms with Gasteiger partial charge in [-0.1, -0.05) is 0 Å². The van der Waals surface area contributed by atoms with E-state index in [1.54, 1.807) is 0 Å². The van der Waals surface area contributed by atoms with Crippen LogP contribution in [0.2, 0.25) is 0 Å². The van der Waals surface area contributed by atoms with E-state index in [1.807, 2.05) is 0 Å². The molecule has 68 valence electrons. The summed E-state index contributed by atoms with van der Waals surface area (Å²) in [5, 5.41) is 17.4. The molecule has 1 rings (SSSR count). The molecule has 3 nitrogen and oxygen atoms in total. The first-order valence-electron chi connectivity index (χ1n) is 3.49. The van der Waals surface area contributed by atoms with Crippen molar-refractivity contribution < 1.29 is 19.4 Å². The van der Waals surface area contributed by atoms with Crippen LogP contribution in [0.3, 0.4) is 0 Å². The molecule has 0 saturated carbocycles. The van der Waals surface area contributed by atoms with Gasteiger partial charge in [-0.3, -0.25) is 0 Å². The summed E-state index contributed by atoms with van der Waals surface area (Å²) in [6.07, 6.45) is 2.06. The summed E-state index contributed by atoms with van der Waals surface area (Å²) in [7, 11) is 0. The monoisotopic (exact) mass is 182 g/mol. The second kappa shape index (κ2) is 3.71. The van der Waals surface area contributed by atoms with Crippen LogP contribution in [0, 0.1) is 5.82 Å². The van der Waals surface area contributed by atoms with Crippen LogP contribution in [0.25, 0.3) is 6.08 Å². The Bertz CT molecular complexity index is 358. The minimum absolute atomic E-state index is 0.267. The number of benzene rings is 1. The van der Waals surface area contributed by atoms with Crippen molar-refractivity contribution in [2.75, 3.05) is 0 Å². The molecule has 0 radical (unpaired) electrons. The molecule has 0 aliphatic carbocycles. The molecular weight excluding hydrogens is 175 g/mol. The summed E-state index contributed by atoms with van der Waals surface area (Å²) in [5.74, 6) is -1.97. The highest BCUT2D eigenvalue weighted by Gasteiger charge is 1.99. The van der Waals surface area contributed by atoms with E-state index in [-0.39, 0.29) is 11.3 Å². The van der Waals surface area contributed by atoms with Crippen LogP contribution in [0.1, 0.15) is 5.56 Å². The molecule has 4 heteroatoms. The highest BCUT2D eigenvalue weighted by molar-refractivity contribution is 5.85. The molecule has 0 amide bonds. The number of phenols is 1. The average Bonchev–Trinajstić information content (AvgIpc) is 2.02. The lowest BCUT2D eigenvalue weighted by Gasteiger charge is -1.97. The van der Waals surface area contributed by atoms with E-state index >= 15 is 0 Å². The van der Waals surface area contributed by atoms with Gasteiger partial charge in [-0.2, -0.15) is 0 Å². The number of carboxylic acids is 1. The third kappa shape index (κ3) is 2.59. The first-order valence-corrected chi connectivity index (χ1v) is 3.49. The highest BCUT2D eigenvalue weighted by Crippen LogP contribution is 2.19. The van der Waals surface area contributed by atoms with Crippen molar-refractivity contribution in [2.24, 2.45) is 0 Å². The van der Waals surface area contributed by atoms with Crippen molar-refractivity contribution in [1.82, 2.24) is 0 Å². The molecule has 1 aromatic carbocycles. The van der Waals surface area contributed by atoms with Crippen molar-refractivity contribution in [3.8, 4) is 5.75 Å². The van der Waals surface area contributed by atoms with Gasteiger partial charge in [-0.25, -0.2) is 9.18 Å². The van der Waals surface area contributed by atoms with Gasteiger partial charge in [0.05, 0.1) is 0 Å². The number of carboxylic acid groups (broad SMARTS) is 1. The highest BCUT2D eigenvalue weighted by atomic mass is 19.1. The second-order valence-corrected chi connectivity index (χ2v) is 2.37. The number of hydrogen-bond donors (Lipinski definition) is 2. The Balaban J connectivity index is 2.96. The molecule has 0 bridgehead atoms. The molecule has 0 heterocycles. The van der Waals surface area contributed by atoms with E-state index in [9.17, 15) is 9.18 Å². The average molecular weight is 182 g/mol. The zero-order chi connectivity index (χ0) is 9.84. The third-order valence-corrected chi connectivity index (χ3v) is 1.40. The lowest BCUT2D eigenvalue weighted by Crippen LogP contribution is -1.86. The predicted molar refractivity (Wildman–Crippen MR) is 44.7 cm³/mol. The van der Waals surface area contributed by atoms with Gasteiger partial charge in [-0.05, 0) is 18.2 Å². The van der Waals surface area contributed by atoms with Crippen LogP contribution < -0.4 is 0 Å². The molecule has 13 heavy (non-hydrogen) atoms. The Morgan fingerprint density at radius 1 is 1.46 bits per heavy atom. The molecule has 0 aliphatic rings. The van der Waals surface area contributed by atoms with Crippen molar-refractivity contribution in [2.45, 2.75) is 0 Å². The van der Waals surface area contributed by atoms with E-state index in [1.165, 1.54) is 12.1 Å². The Kier molecular flexibility index (Phi) is 2.64. The van der Waals surface area contributed by atoms with E-state index in [0.717, 1.165) is 18.2 Å². The topological polar surface area (TPSA) is 57.5 Å². The quantitative estimate of drug-likeness (QED) is 0.683. The number of phenolic OH excluding ortho intramolecular Hbond substituents is 1. The van der Waals surface area contributed by atoms with Crippen molar-refractivity contribution in [3.05, 3.63) is 35.7 Å². The first-order chi connectivity index (χ1) is 6.09. The fraction of sp³-hybridized carbons (Fsp3) is 0. The largest absolute Gasteiger partial charge is 0.507 e. The number of aromatic hydroxyl groups is 1. The molecule has 0 aliphatic heterocycles. The van der Waals surface area contributed by atoms with Crippen molar-refractivity contribution in [1.29, 1.82) is 0 Å². The van der Waals surface area contributed by atoms with Crippen molar-refractivity contribution >= 4 is 12.0 Å². The molecule has 0 fully saturated rings. The summed E-state index contributed by atoms with van der Waals surface area (Å²) in [4.78, 5) is 10.1. The van der Waals surface area contributed by atoms with Crippen LogP contribution in [0.15, 0.2) is 24.3 Å². The Hall–Kier alpha value is -1.84. The Morgan fingerprint density at radius 3 is 2.69 bits per heavy atom. The fourth-order valence-electron chi connectivity index (χ4n) is 0.819. The fourth-order valence-corrected chi connectivity index (χ4v) is 0.819. The summed E-state index contributed by atoms with van der Waals surface area (Å²) in [6, 6.07) is 3.35. The molecule has 2 N–H and O–H groups in total. The second-order valence-electron chi connectivity index (χ2n) is 2.37. The summed E-state index contributed by atoms with van der Waals surface area (Å²) in [5.41, 5.74) is 0.267. The minimum Gasteiger partial charge on any atom is -0.507 e. The van der Waals surface area contributed by atoms with Crippen LogP contribution in [0.4, 0.5) is 4.39 Å². The third-order valence-electron chi connectivity index (χ3n) is 1.40. The Labute approximate surface area is 73.8 Å². The molecular formula is C9H7FO3. The van der Waals surface area contributed by atoms with Gasteiger partial charge in [0.15, 0.2) is 0 Å². The lowest BCUT2D eigenvalue weighted by atomic mass is 10.2. The van der Waals surface area contributed by atoms with Crippen molar-refractivity contribution in [3.63, 3.8) is 0 Å². The number of aliphatic carboxylic acids is 1. The van der Waals surface area contributed by atoms with Gasteiger partial charge in [0.1, 0.15) is 11.6 Å². The first kappa shape index (κ1) is 9.25. The van der Waals surface area contributed by atoms with Gasteiger partial charge in [0, 0.05) is 17.7 Å². The smallest absolute Gasteiger partial charge is 0.328 e. The molecule has 0 atom stereocenters. The lowest BCUT2D eigenvalue weighted by molar-refractivity contribution is -0.131.